The van der Waals surface area contributed by atoms with Gasteiger partial charge in [-0.05, 0) is 44.2 Å². The average Bonchev–Trinajstić information content (AvgIpc) is 3.06. The van der Waals surface area contributed by atoms with Crippen LogP contribution in [-0.4, -0.2) is 28.0 Å². The van der Waals surface area contributed by atoms with Crippen molar-refractivity contribution in [2.24, 2.45) is 0 Å². The number of aryl methyl sites for hydroxylation is 1. The highest BCUT2D eigenvalue weighted by molar-refractivity contribution is 5.99. The van der Waals surface area contributed by atoms with Crippen LogP contribution in [0.3, 0.4) is 0 Å². The zero-order valence-electron chi connectivity index (χ0n) is 15.2. The first-order valence-corrected chi connectivity index (χ1v) is 8.89. The Morgan fingerprint density at radius 3 is 2.96 bits per heavy atom. The molecule has 7 nitrogen and oxygen atoms in total. The fourth-order valence-corrected chi connectivity index (χ4v) is 3.32. The molecule has 1 aliphatic rings. The number of para-hydroxylation sites is 2. The van der Waals surface area contributed by atoms with E-state index in [4.69, 9.17) is 4.74 Å². The highest BCUT2D eigenvalue weighted by Crippen LogP contribution is 2.29. The monoisotopic (exact) mass is 364 g/mol. The second-order valence-electron chi connectivity index (χ2n) is 6.45. The molecule has 2 aromatic carbocycles. The second kappa shape index (κ2) is 6.75. The molecule has 1 aromatic heterocycles. The van der Waals surface area contributed by atoms with Crippen molar-refractivity contribution in [2.45, 2.75) is 26.4 Å². The summed E-state index contributed by atoms with van der Waals surface area (Å²) in [5.41, 5.74) is 3.00. The van der Waals surface area contributed by atoms with Gasteiger partial charge in [-0.3, -0.25) is 9.59 Å². The smallest absolute Gasteiger partial charge is 0.262 e. The van der Waals surface area contributed by atoms with Crippen LogP contribution in [0.25, 0.3) is 11.0 Å². The van der Waals surface area contributed by atoms with Crippen molar-refractivity contribution >= 4 is 28.5 Å². The molecule has 27 heavy (non-hydrogen) atoms. The van der Waals surface area contributed by atoms with Crippen LogP contribution in [-0.2, 0) is 11.3 Å². The number of hydrogen-bond donors (Lipinski definition) is 2. The van der Waals surface area contributed by atoms with Gasteiger partial charge in [-0.15, -0.1) is 0 Å². The lowest BCUT2D eigenvalue weighted by molar-refractivity contribution is -0.118. The van der Waals surface area contributed by atoms with Crippen LogP contribution in [0.1, 0.15) is 36.1 Å². The Morgan fingerprint density at radius 2 is 2.15 bits per heavy atom. The van der Waals surface area contributed by atoms with Gasteiger partial charge in [0.15, 0.2) is 6.61 Å². The lowest BCUT2D eigenvalue weighted by Gasteiger charge is -2.19. The Kier molecular flexibility index (Phi) is 4.27. The first kappa shape index (κ1) is 17.1. The minimum atomic E-state index is -0.262. The van der Waals surface area contributed by atoms with E-state index in [1.54, 1.807) is 18.2 Å². The van der Waals surface area contributed by atoms with Crippen LogP contribution in [0.15, 0.2) is 42.5 Å². The summed E-state index contributed by atoms with van der Waals surface area (Å²) in [6.45, 7) is 4.69. The first-order valence-electron chi connectivity index (χ1n) is 8.89. The number of carbonyl (C=O) groups is 2. The molecule has 2 amide bonds. The molecule has 0 saturated carbocycles. The number of nitrogens with one attached hydrogen (secondary N) is 2. The number of imidazole rings is 1. The number of hydrogen-bond acceptors (Lipinski definition) is 4. The largest absolute Gasteiger partial charge is 0.482 e. The van der Waals surface area contributed by atoms with Crippen molar-refractivity contribution in [1.29, 1.82) is 0 Å². The van der Waals surface area contributed by atoms with Gasteiger partial charge in [-0.25, -0.2) is 4.98 Å². The van der Waals surface area contributed by atoms with Crippen molar-refractivity contribution < 1.29 is 14.3 Å². The maximum Gasteiger partial charge on any atom is 0.262 e. The Balaban J connectivity index is 1.57. The van der Waals surface area contributed by atoms with Crippen molar-refractivity contribution in [1.82, 2.24) is 14.9 Å². The first-order chi connectivity index (χ1) is 13.1. The topological polar surface area (TPSA) is 85.2 Å². The van der Waals surface area contributed by atoms with Crippen LogP contribution in [0.5, 0.6) is 5.75 Å². The Labute approximate surface area is 156 Å². The van der Waals surface area contributed by atoms with Crippen LogP contribution < -0.4 is 15.4 Å². The highest BCUT2D eigenvalue weighted by atomic mass is 16.5. The van der Waals surface area contributed by atoms with Gasteiger partial charge in [0.1, 0.15) is 11.6 Å². The number of ether oxygens (including phenoxy) is 1. The third-order valence-corrected chi connectivity index (χ3v) is 4.61. The summed E-state index contributed by atoms with van der Waals surface area (Å²) in [7, 11) is 0. The summed E-state index contributed by atoms with van der Waals surface area (Å²) in [5, 5.41) is 5.71. The number of nitrogens with zero attached hydrogens (tertiary/aromatic N) is 2. The van der Waals surface area contributed by atoms with Crippen LogP contribution >= 0.6 is 0 Å². The van der Waals surface area contributed by atoms with Gasteiger partial charge in [0.05, 0.1) is 22.8 Å². The molecule has 0 fully saturated rings. The zero-order valence-corrected chi connectivity index (χ0v) is 15.2. The maximum absolute atomic E-state index is 12.7. The van der Waals surface area contributed by atoms with E-state index in [1.165, 1.54) is 0 Å². The maximum atomic E-state index is 12.7. The Morgan fingerprint density at radius 1 is 1.33 bits per heavy atom. The number of rotatable bonds is 4. The molecule has 2 N–H and O–H groups in total. The normalized spacial score (nSPS) is 14.2. The molecule has 0 aliphatic carbocycles. The van der Waals surface area contributed by atoms with Gasteiger partial charge >= 0.3 is 0 Å². The summed E-state index contributed by atoms with van der Waals surface area (Å²) in [6, 6.07) is 12.6. The van der Waals surface area contributed by atoms with Crippen LogP contribution in [0, 0.1) is 0 Å². The number of carbonyl (C=O) groups excluding carboxylic acids is 2. The molecule has 3 aromatic rings. The van der Waals surface area contributed by atoms with Crippen molar-refractivity contribution in [2.75, 3.05) is 11.9 Å². The molecule has 0 bridgehead atoms. The minimum absolute atomic E-state index is 0.0466. The number of anilines is 1. The molecule has 0 radical (unpaired) electrons. The van der Waals surface area contributed by atoms with E-state index in [0.29, 0.717) is 17.0 Å². The van der Waals surface area contributed by atoms with E-state index >= 15 is 0 Å². The molecule has 2 heterocycles. The fourth-order valence-electron chi connectivity index (χ4n) is 3.32. The predicted molar refractivity (Wildman–Crippen MR) is 102 cm³/mol. The third kappa shape index (κ3) is 3.12. The van der Waals surface area contributed by atoms with Crippen LogP contribution in [0.4, 0.5) is 5.69 Å². The number of aromatic nitrogens is 2. The van der Waals surface area contributed by atoms with Gasteiger partial charge in [-0.2, -0.15) is 0 Å². The quantitative estimate of drug-likeness (QED) is 0.745. The Hall–Kier alpha value is -3.35. The SMILES string of the molecule is CCn1c([C@@H](C)NC(=O)c2ccc3c(c2)OCC(=O)N3)nc2ccccc21. The standard InChI is InChI=1S/C20H20N4O3/c1-3-24-16-7-5-4-6-14(16)23-19(24)12(2)21-20(26)13-8-9-15-17(10-13)27-11-18(25)22-15/h4-10,12H,3,11H2,1-2H3,(H,21,26)(H,22,25)/t12-/m1/s1. The molecule has 0 spiro atoms. The van der Waals surface area contributed by atoms with Gasteiger partial charge in [0, 0.05) is 12.1 Å². The average molecular weight is 364 g/mol. The van der Waals surface area contributed by atoms with E-state index in [0.717, 1.165) is 23.4 Å². The molecule has 0 saturated heterocycles. The van der Waals surface area contributed by atoms with Gasteiger partial charge < -0.3 is 19.9 Å². The Bertz CT molecular complexity index is 1040. The van der Waals surface area contributed by atoms with Gasteiger partial charge in [0.25, 0.3) is 11.8 Å². The fraction of sp³-hybridized carbons (Fsp3) is 0.250. The van der Waals surface area contributed by atoms with Crippen molar-refractivity contribution in [3.63, 3.8) is 0 Å². The van der Waals surface area contributed by atoms with Crippen LogP contribution in [0.2, 0.25) is 0 Å². The second-order valence-corrected chi connectivity index (χ2v) is 6.45. The number of fused-ring (bicyclic) bond motifs is 2. The van der Waals surface area contributed by atoms with E-state index in [-0.39, 0.29) is 24.5 Å². The molecule has 1 aliphatic heterocycles. The summed E-state index contributed by atoms with van der Waals surface area (Å²) in [4.78, 5) is 28.7. The van der Waals surface area contributed by atoms with E-state index in [1.807, 2.05) is 31.2 Å². The summed E-state index contributed by atoms with van der Waals surface area (Å²) in [6.07, 6.45) is 0. The zero-order chi connectivity index (χ0) is 19.0. The highest BCUT2D eigenvalue weighted by Gasteiger charge is 2.21. The third-order valence-electron chi connectivity index (χ3n) is 4.61. The van der Waals surface area contributed by atoms with E-state index in [9.17, 15) is 9.59 Å². The molecule has 138 valence electrons. The number of benzene rings is 2. The molecular formula is C20H20N4O3. The minimum Gasteiger partial charge on any atom is -0.482 e. The van der Waals surface area contributed by atoms with E-state index < -0.39 is 0 Å². The van der Waals surface area contributed by atoms with E-state index in [2.05, 4.69) is 27.1 Å². The van der Waals surface area contributed by atoms with Gasteiger partial charge in [0.2, 0.25) is 0 Å². The summed E-state index contributed by atoms with van der Waals surface area (Å²) < 4.78 is 7.49. The lowest BCUT2D eigenvalue weighted by Crippen LogP contribution is -2.29. The number of amides is 2. The van der Waals surface area contributed by atoms with Crippen molar-refractivity contribution in [3.8, 4) is 5.75 Å². The molecule has 0 unspecified atom stereocenters. The van der Waals surface area contributed by atoms with Crippen molar-refractivity contribution in [3.05, 3.63) is 53.9 Å². The predicted octanol–water partition coefficient (Wildman–Crippen LogP) is 2.88. The lowest BCUT2D eigenvalue weighted by atomic mass is 10.1. The molecule has 4 rings (SSSR count). The molecule has 1 atom stereocenters. The summed E-state index contributed by atoms with van der Waals surface area (Å²) >= 11 is 0. The molecular weight excluding hydrogens is 344 g/mol. The molecule has 7 heteroatoms. The van der Waals surface area contributed by atoms with Gasteiger partial charge in [-0.1, -0.05) is 12.1 Å². The summed E-state index contributed by atoms with van der Waals surface area (Å²) in [5.74, 6) is 0.886.